The minimum atomic E-state index is -0.0846. The van der Waals surface area contributed by atoms with E-state index in [2.05, 4.69) is 24.1 Å². The number of hydrogen-bond acceptors (Lipinski definition) is 4. The average Bonchev–Trinajstić information content (AvgIpc) is 2.36. The molecule has 4 heteroatoms. The van der Waals surface area contributed by atoms with Crippen LogP contribution in [0.1, 0.15) is 33.1 Å². The molecule has 1 rings (SSSR count). The molecule has 17 heavy (non-hydrogen) atoms. The summed E-state index contributed by atoms with van der Waals surface area (Å²) in [5.74, 6) is 0.533. The summed E-state index contributed by atoms with van der Waals surface area (Å²) in [6, 6.07) is 0.580. The van der Waals surface area contributed by atoms with E-state index >= 15 is 0 Å². The summed E-state index contributed by atoms with van der Waals surface area (Å²) in [5.41, 5.74) is 0. The second kappa shape index (κ2) is 7.67. The summed E-state index contributed by atoms with van der Waals surface area (Å²) in [6.45, 7) is 8.72. The molecule has 0 aromatic carbocycles. The van der Waals surface area contributed by atoms with Crippen LogP contribution in [0.25, 0.3) is 0 Å². The zero-order chi connectivity index (χ0) is 12.7. The molecule has 2 unspecified atom stereocenters. The van der Waals surface area contributed by atoms with E-state index in [-0.39, 0.29) is 5.97 Å². The highest BCUT2D eigenvalue weighted by Gasteiger charge is 2.26. The fourth-order valence-corrected chi connectivity index (χ4v) is 2.63. The largest absolute Gasteiger partial charge is 0.469 e. The van der Waals surface area contributed by atoms with Crippen LogP contribution in [0.2, 0.25) is 0 Å². The van der Waals surface area contributed by atoms with Gasteiger partial charge in [-0.2, -0.15) is 0 Å². The number of nitrogens with one attached hydrogen (secondary N) is 1. The van der Waals surface area contributed by atoms with Crippen molar-refractivity contribution in [1.29, 1.82) is 0 Å². The Labute approximate surface area is 105 Å². The Morgan fingerprint density at radius 1 is 1.41 bits per heavy atom. The molecule has 0 bridgehead atoms. The Kier molecular flexibility index (Phi) is 6.52. The van der Waals surface area contributed by atoms with E-state index in [4.69, 9.17) is 4.74 Å². The summed E-state index contributed by atoms with van der Waals surface area (Å²) in [4.78, 5) is 13.6. The van der Waals surface area contributed by atoms with E-state index in [9.17, 15) is 4.79 Å². The quantitative estimate of drug-likeness (QED) is 0.712. The van der Waals surface area contributed by atoms with Crippen molar-refractivity contribution in [3.05, 3.63) is 0 Å². The van der Waals surface area contributed by atoms with E-state index in [1.165, 1.54) is 13.5 Å². The number of likely N-dealkylation sites (N-methyl/N-ethyl adjacent to an activating group) is 2. The normalized spacial score (nSPS) is 25.8. The zero-order valence-electron chi connectivity index (χ0n) is 11.4. The van der Waals surface area contributed by atoms with Crippen LogP contribution >= 0.6 is 0 Å². The molecule has 0 aromatic rings. The van der Waals surface area contributed by atoms with Gasteiger partial charge in [0.2, 0.25) is 0 Å². The van der Waals surface area contributed by atoms with Crippen molar-refractivity contribution in [2.45, 2.75) is 39.2 Å². The van der Waals surface area contributed by atoms with Crippen molar-refractivity contribution in [1.82, 2.24) is 10.2 Å². The molecular weight excluding hydrogens is 216 g/mol. The molecule has 1 aliphatic rings. The molecule has 2 atom stereocenters. The van der Waals surface area contributed by atoms with Crippen LogP contribution in [-0.2, 0) is 9.53 Å². The van der Waals surface area contributed by atoms with Gasteiger partial charge in [-0.1, -0.05) is 13.8 Å². The standard InChI is InChI=1S/C13H26N2O2/c1-4-14-12-8-11(6-7-13(16)17-3)9-15(5-2)10-12/h11-12,14H,4-10H2,1-3H3. The average molecular weight is 242 g/mol. The number of carbonyl (C=O) groups is 1. The topological polar surface area (TPSA) is 41.6 Å². The van der Waals surface area contributed by atoms with Crippen molar-refractivity contribution in [3.63, 3.8) is 0 Å². The second-order valence-electron chi connectivity index (χ2n) is 4.82. The van der Waals surface area contributed by atoms with Crippen molar-refractivity contribution < 1.29 is 9.53 Å². The molecule has 1 N–H and O–H groups in total. The molecule has 1 fully saturated rings. The molecule has 1 heterocycles. The predicted molar refractivity (Wildman–Crippen MR) is 68.9 cm³/mol. The molecule has 0 amide bonds. The predicted octanol–water partition coefficient (Wildman–Crippen LogP) is 1.26. The number of piperidine rings is 1. The third-order valence-electron chi connectivity index (χ3n) is 3.54. The first-order valence-electron chi connectivity index (χ1n) is 6.72. The molecule has 0 radical (unpaired) electrons. The highest BCUT2D eigenvalue weighted by atomic mass is 16.5. The minimum absolute atomic E-state index is 0.0846. The summed E-state index contributed by atoms with van der Waals surface area (Å²) >= 11 is 0. The Bertz CT molecular complexity index is 233. The van der Waals surface area contributed by atoms with Gasteiger partial charge < -0.3 is 15.0 Å². The van der Waals surface area contributed by atoms with Gasteiger partial charge in [-0.05, 0) is 31.8 Å². The molecule has 1 saturated heterocycles. The first-order chi connectivity index (χ1) is 8.19. The molecule has 0 aromatic heterocycles. The van der Waals surface area contributed by atoms with Gasteiger partial charge in [-0.3, -0.25) is 4.79 Å². The van der Waals surface area contributed by atoms with E-state index in [1.54, 1.807) is 0 Å². The number of esters is 1. The molecule has 1 aliphatic heterocycles. The van der Waals surface area contributed by atoms with Gasteiger partial charge in [0, 0.05) is 25.6 Å². The number of rotatable bonds is 6. The number of hydrogen-bond donors (Lipinski definition) is 1. The van der Waals surface area contributed by atoms with Gasteiger partial charge in [0.25, 0.3) is 0 Å². The molecule has 0 spiro atoms. The fourth-order valence-electron chi connectivity index (χ4n) is 2.63. The van der Waals surface area contributed by atoms with Crippen LogP contribution in [0.15, 0.2) is 0 Å². The monoisotopic (exact) mass is 242 g/mol. The lowest BCUT2D eigenvalue weighted by atomic mass is 9.90. The Morgan fingerprint density at radius 3 is 2.76 bits per heavy atom. The van der Waals surface area contributed by atoms with Crippen LogP contribution in [-0.4, -0.2) is 50.2 Å². The third-order valence-corrected chi connectivity index (χ3v) is 3.54. The lowest BCUT2D eigenvalue weighted by molar-refractivity contribution is -0.141. The fraction of sp³-hybridized carbons (Fsp3) is 0.923. The van der Waals surface area contributed by atoms with Gasteiger partial charge in [-0.25, -0.2) is 0 Å². The number of methoxy groups -OCH3 is 1. The van der Waals surface area contributed by atoms with E-state index < -0.39 is 0 Å². The van der Waals surface area contributed by atoms with Gasteiger partial charge >= 0.3 is 5.97 Å². The van der Waals surface area contributed by atoms with Crippen LogP contribution in [0, 0.1) is 5.92 Å². The van der Waals surface area contributed by atoms with Crippen LogP contribution in [0.3, 0.4) is 0 Å². The Morgan fingerprint density at radius 2 is 2.18 bits per heavy atom. The van der Waals surface area contributed by atoms with E-state index in [0.29, 0.717) is 18.4 Å². The molecule has 100 valence electrons. The smallest absolute Gasteiger partial charge is 0.305 e. The first kappa shape index (κ1) is 14.5. The van der Waals surface area contributed by atoms with Gasteiger partial charge in [0.05, 0.1) is 7.11 Å². The third kappa shape index (κ3) is 5.04. The number of carbonyl (C=O) groups excluding carboxylic acids is 1. The summed E-state index contributed by atoms with van der Waals surface area (Å²) < 4.78 is 4.70. The maximum absolute atomic E-state index is 11.2. The zero-order valence-corrected chi connectivity index (χ0v) is 11.4. The highest BCUT2D eigenvalue weighted by molar-refractivity contribution is 5.69. The van der Waals surface area contributed by atoms with Crippen LogP contribution in [0.4, 0.5) is 0 Å². The Balaban J connectivity index is 2.39. The maximum atomic E-state index is 11.2. The van der Waals surface area contributed by atoms with E-state index in [0.717, 1.165) is 32.6 Å². The Hall–Kier alpha value is -0.610. The van der Waals surface area contributed by atoms with E-state index in [1.807, 2.05) is 0 Å². The maximum Gasteiger partial charge on any atom is 0.305 e. The van der Waals surface area contributed by atoms with Crippen LogP contribution in [0.5, 0.6) is 0 Å². The first-order valence-corrected chi connectivity index (χ1v) is 6.72. The van der Waals surface area contributed by atoms with Gasteiger partial charge in [0.15, 0.2) is 0 Å². The van der Waals surface area contributed by atoms with Crippen molar-refractivity contribution in [2.75, 3.05) is 33.3 Å². The summed E-state index contributed by atoms with van der Waals surface area (Å²) in [7, 11) is 1.46. The van der Waals surface area contributed by atoms with Crippen molar-refractivity contribution in [3.8, 4) is 0 Å². The van der Waals surface area contributed by atoms with Crippen molar-refractivity contribution in [2.24, 2.45) is 5.92 Å². The minimum Gasteiger partial charge on any atom is -0.469 e. The SMILES string of the molecule is CCNC1CC(CCC(=O)OC)CN(CC)C1. The molecule has 4 nitrogen and oxygen atoms in total. The lowest BCUT2D eigenvalue weighted by Gasteiger charge is -2.37. The summed E-state index contributed by atoms with van der Waals surface area (Å²) in [5, 5.41) is 3.52. The summed E-state index contributed by atoms with van der Waals surface area (Å²) in [6.07, 6.45) is 2.68. The molecule has 0 saturated carbocycles. The number of likely N-dealkylation sites (tertiary alicyclic amines) is 1. The second-order valence-corrected chi connectivity index (χ2v) is 4.82. The van der Waals surface area contributed by atoms with Gasteiger partial charge in [0.1, 0.15) is 0 Å². The van der Waals surface area contributed by atoms with Crippen LogP contribution < -0.4 is 5.32 Å². The lowest BCUT2D eigenvalue weighted by Crippen LogP contribution is -2.49. The highest BCUT2D eigenvalue weighted by Crippen LogP contribution is 2.21. The number of ether oxygens (including phenoxy) is 1. The molecule has 0 aliphatic carbocycles. The van der Waals surface area contributed by atoms with Crippen molar-refractivity contribution >= 4 is 5.97 Å². The number of nitrogens with zero attached hydrogens (tertiary/aromatic N) is 1. The molecular formula is C13H26N2O2. The van der Waals surface area contributed by atoms with Gasteiger partial charge in [-0.15, -0.1) is 0 Å².